The van der Waals surface area contributed by atoms with E-state index in [-0.39, 0.29) is 12.0 Å². The summed E-state index contributed by atoms with van der Waals surface area (Å²) in [6, 6.07) is 0.102. The summed E-state index contributed by atoms with van der Waals surface area (Å²) in [6.45, 7) is 8.20. The second-order valence-corrected chi connectivity index (χ2v) is 4.49. The summed E-state index contributed by atoms with van der Waals surface area (Å²) in [5.41, 5.74) is 0. The molecule has 0 aromatic heterocycles. The van der Waals surface area contributed by atoms with Gasteiger partial charge < -0.3 is 15.0 Å². The van der Waals surface area contributed by atoms with Gasteiger partial charge in [-0.15, -0.1) is 0 Å². The zero-order valence-electron chi connectivity index (χ0n) is 11.2. The molecule has 4 heteroatoms. The van der Waals surface area contributed by atoms with Gasteiger partial charge in [0.05, 0.1) is 7.11 Å². The standard InChI is InChI=1S/C12H26N2O2/c1-6-8-14(4)9-7-11(12(15)16-5)13-10(2)3/h10-11,13H,6-9H2,1-5H3. The van der Waals surface area contributed by atoms with Crippen molar-refractivity contribution in [3.05, 3.63) is 0 Å². The molecule has 0 aliphatic rings. The first-order valence-corrected chi connectivity index (χ1v) is 6.03. The van der Waals surface area contributed by atoms with Crippen molar-refractivity contribution in [2.75, 3.05) is 27.2 Å². The molecule has 0 fully saturated rings. The Balaban J connectivity index is 4.05. The van der Waals surface area contributed by atoms with E-state index in [4.69, 9.17) is 4.74 Å². The van der Waals surface area contributed by atoms with E-state index in [2.05, 4.69) is 24.2 Å². The van der Waals surface area contributed by atoms with Gasteiger partial charge in [-0.1, -0.05) is 20.8 Å². The normalized spacial score (nSPS) is 13.2. The van der Waals surface area contributed by atoms with Crippen molar-refractivity contribution in [2.24, 2.45) is 0 Å². The lowest BCUT2D eigenvalue weighted by molar-refractivity contribution is -0.143. The molecule has 0 saturated heterocycles. The molecule has 1 unspecified atom stereocenters. The summed E-state index contributed by atoms with van der Waals surface area (Å²) < 4.78 is 4.79. The van der Waals surface area contributed by atoms with E-state index in [0.717, 1.165) is 25.9 Å². The SMILES string of the molecule is CCCN(C)CCC(NC(C)C)C(=O)OC. The minimum atomic E-state index is -0.190. The fourth-order valence-corrected chi connectivity index (χ4v) is 1.66. The van der Waals surface area contributed by atoms with Crippen LogP contribution in [0.2, 0.25) is 0 Å². The van der Waals surface area contributed by atoms with Crippen LogP contribution in [0.15, 0.2) is 0 Å². The van der Waals surface area contributed by atoms with Crippen LogP contribution in [0.25, 0.3) is 0 Å². The molecule has 0 heterocycles. The largest absolute Gasteiger partial charge is 0.468 e. The highest BCUT2D eigenvalue weighted by Gasteiger charge is 2.19. The Labute approximate surface area is 99.3 Å². The molecular weight excluding hydrogens is 204 g/mol. The third-order valence-electron chi connectivity index (χ3n) is 2.43. The molecule has 1 N–H and O–H groups in total. The quantitative estimate of drug-likeness (QED) is 0.637. The fourth-order valence-electron chi connectivity index (χ4n) is 1.66. The molecule has 4 nitrogen and oxygen atoms in total. The van der Waals surface area contributed by atoms with Crippen molar-refractivity contribution in [1.29, 1.82) is 0 Å². The molecule has 0 rings (SSSR count). The molecule has 16 heavy (non-hydrogen) atoms. The molecule has 1 atom stereocenters. The maximum absolute atomic E-state index is 11.5. The number of ether oxygens (including phenoxy) is 1. The number of methoxy groups -OCH3 is 1. The topological polar surface area (TPSA) is 41.6 Å². The summed E-state index contributed by atoms with van der Waals surface area (Å²) in [6.07, 6.45) is 1.93. The Hall–Kier alpha value is -0.610. The van der Waals surface area contributed by atoms with Gasteiger partial charge in [-0.3, -0.25) is 4.79 Å². The molecule has 0 bridgehead atoms. The second kappa shape index (κ2) is 8.53. The van der Waals surface area contributed by atoms with Gasteiger partial charge in [0.1, 0.15) is 6.04 Å². The average molecular weight is 230 g/mol. The highest BCUT2D eigenvalue weighted by atomic mass is 16.5. The average Bonchev–Trinajstić information content (AvgIpc) is 2.23. The van der Waals surface area contributed by atoms with Crippen LogP contribution in [0.1, 0.15) is 33.6 Å². The van der Waals surface area contributed by atoms with E-state index in [1.165, 1.54) is 7.11 Å². The van der Waals surface area contributed by atoms with Crippen molar-refractivity contribution in [1.82, 2.24) is 10.2 Å². The summed E-state index contributed by atoms with van der Waals surface area (Å²) in [5, 5.41) is 3.23. The Kier molecular flexibility index (Phi) is 8.21. The molecule has 0 amide bonds. The van der Waals surface area contributed by atoms with Gasteiger partial charge in [-0.05, 0) is 33.0 Å². The highest BCUT2D eigenvalue weighted by Crippen LogP contribution is 2.00. The first-order valence-electron chi connectivity index (χ1n) is 6.03. The Morgan fingerprint density at radius 1 is 1.38 bits per heavy atom. The van der Waals surface area contributed by atoms with Crippen molar-refractivity contribution in [3.8, 4) is 0 Å². The van der Waals surface area contributed by atoms with Crippen LogP contribution in [-0.2, 0) is 9.53 Å². The minimum absolute atomic E-state index is 0.168. The van der Waals surface area contributed by atoms with E-state index >= 15 is 0 Å². The maximum Gasteiger partial charge on any atom is 0.322 e. The van der Waals surface area contributed by atoms with Crippen molar-refractivity contribution < 1.29 is 9.53 Å². The number of carbonyl (C=O) groups excluding carboxylic acids is 1. The Bertz CT molecular complexity index is 195. The predicted octanol–water partition coefficient (Wildman–Crippen LogP) is 1.26. The first-order chi connectivity index (χ1) is 7.51. The van der Waals surface area contributed by atoms with Crippen LogP contribution < -0.4 is 5.32 Å². The van der Waals surface area contributed by atoms with Crippen molar-refractivity contribution in [3.63, 3.8) is 0 Å². The number of hydrogen-bond acceptors (Lipinski definition) is 4. The summed E-state index contributed by atoms with van der Waals surface area (Å²) in [7, 11) is 3.51. The molecule has 0 radical (unpaired) electrons. The lowest BCUT2D eigenvalue weighted by Gasteiger charge is -2.22. The summed E-state index contributed by atoms with van der Waals surface area (Å²) >= 11 is 0. The van der Waals surface area contributed by atoms with E-state index in [9.17, 15) is 4.79 Å². The lowest BCUT2D eigenvalue weighted by atomic mass is 10.1. The highest BCUT2D eigenvalue weighted by molar-refractivity contribution is 5.75. The molecule has 0 aliphatic carbocycles. The number of rotatable bonds is 8. The van der Waals surface area contributed by atoms with E-state index in [1.54, 1.807) is 0 Å². The molecule has 0 saturated carbocycles. The van der Waals surface area contributed by atoms with Crippen LogP contribution in [0, 0.1) is 0 Å². The van der Waals surface area contributed by atoms with Gasteiger partial charge in [0.2, 0.25) is 0 Å². The van der Waals surface area contributed by atoms with Gasteiger partial charge >= 0.3 is 5.97 Å². The van der Waals surface area contributed by atoms with Gasteiger partial charge in [0.25, 0.3) is 0 Å². The van der Waals surface area contributed by atoms with Gasteiger partial charge in [0.15, 0.2) is 0 Å². The first kappa shape index (κ1) is 15.4. The third-order valence-corrected chi connectivity index (χ3v) is 2.43. The van der Waals surface area contributed by atoms with Crippen LogP contribution in [-0.4, -0.2) is 50.2 Å². The zero-order chi connectivity index (χ0) is 12.6. The zero-order valence-corrected chi connectivity index (χ0v) is 11.2. The summed E-state index contributed by atoms with van der Waals surface area (Å²) in [5.74, 6) is -0.168. The van der Waals surface area contributed by atoms with E-state index < -0.39 is 0 Å². The van der Waals surface area contributed by atoms with E-state index in [1.807, 2.05) is 13.8 Å². The van der Waals surface area contributed by atoms with Crippen LogP contribution in [0.4, 0.5) is 0 Å². The Morgan fingerprint density at radius 3 is 2.44 bits per heavy atom. The predicted molar refractivity (Wildman–Crippen MR) is 66.5 cm³/mol. The maximum atomic E-state index is 11.5. The molecule has 0 aliphatic heterocycles. The molecule has 0 aromatic carbocycles. The van der Waals surface area contributed by atoms with E-state index in [0.29, 0.717) is 6.04 Å². The number of hydrogen-bond donors (Lipinski definition) is 1. The van der Waals surface area contributed by atoms with Crippen LogP contribution in [0.3, 0.4) is 0 Å². The molecule has 0 aromatic rings. The fraction of sp³-hybridized carbons (Fsp3) is 0.917. The monoisotopic (exact) mass is 230 g/mol. The molecular formula is C12H26N2O2. The number of nitrogens with zero attached hydrogens (tertiary/aromatic N) is 1. The van der Waals surface area contributed by atoms with Crippen LogP contribution in [0.5, 0.6) is 0 Å². The summed E-state index contributed by atoms with van der Waals surface area (Å²) in [4.78, 5) is 13.7. The number of carbonyl (C=O) groups is 1. The van der Waals surface area contributed by atoms with Gasteiger partial charge in [-0.25, -0.2) is 0 Å². The second-order valence-electron chi connectivity index (χ2n) is 4.49. The minimum Gasteiger partial charge on any atom is -0.468 e. The molecule has 96 valence electrons. The van der Waals surface area contributed by atoms with Gasteiger partial charge in [-0.2, -0.15) is 0 Å². The Morgan fingerprint density at radius 2 is 2.00 bits per heavy atom. The van der Waals surface area contributed by atoms with Crippen LogP contribution >= 0.6 is 0 Å². The number of esters is 1. The molecule has 0 spiro atoms. The smallest absolute Gasteiger partial charge is 0.322 e. The lowest BCUT2D eigenvalue weighted by Crippen LogP contribution is -2.43. The number of nitrogens with one attached hydrogen (secondary N) is 1. The van der Waals surface area contributed by atoms with Crippen molar-refractivity contribution >= 4 is 5.97 Å². The van der Waals surface area contributed by atoms with Crippen molar-refractivity contribution in [2.45, 2.75) is 45.7 Å². The van der Waals surface area contributed by atoms with Gasteiger partial charge in [0, 0.05) is 6.04 Å². The third kappa shape index (κ3) is 6.80.